The summed E-state index contributed by atoms with van der Waals surface area (Å²) in [6.45, 7) is 5.90. The minimum atomic E-state index is -0.758. The Morgan fingerprint density at radius 1 is 1.28 bits per heavy atom. The van der Waals surface area contributed by atoms with E-state index in [4.69, 9.17) is 0 Å². The highest BCUT2D eigenvalue weighted by Crippen LogP contribution is 2.20. The average molecular weight is 256 g/mol. The zero-order valence-corrected chi connectivity index (χ0v) is 10.8. The monoisotopic (exact) mass is 256 g/mol. The molecule has 0 heterocycles. The minimum absolute atomic E-state index is 0.00745. The first kappa shape index (κ1) is 14.4. The second-order valence-corrected chi connectivity index (χ2v) is 4.13. The standard InChI is InChI=1S/C13H18F2N2O/c1-4-8(3)17-13(18)9-6-10(14)12(16-5-2)11(15)7-9/h6-8,16H,4-5H2,1-3H3,(H,17,18). The molecule has 1 unspecified atom stereocenters. The van der Waals surface area contributed by atoms with Crippen LogP contribution < -0.4 is 10.6 Å². The van der Waals surface area contributed by atoms with Crippen molar-refractivity contribution in [2.75, 3.05) is 11.9 Å². The molecule has 0 saturated carbocycles. The summed E-state index contributed by atoms with van der Waals surface area (Å²) < 4.78 is 27.2. The Labute approximate surface area is 106 Å². The molecule has 100 valence electrons. The Balaban J connectivity index is 2.95. The van der Waals surface area contributed by atoms with Gasteiger partial charge < -0.3 is 10.6 Å². The lowest BCUT2D eigenvalue weighted by atomic mass is 10.1. The summed E-state index contributed by atoms with van der Waals surface area (Å²) in [6, 6.07) is 2.05. The van der Waals surface area contributed by atoms with Crippen LogP contribution in [0.15, 0.2) is 12.1 Å². The van der Waals surface area contributed by atoms with Crippen LogP contribution in [-0.2, 0) is 0 Å². The zero-order chi connectivity index (χ0) is 13.7. The molecule has 0 saturated heterocycles. The number of carbonyl (C=O) groups excluding carboxylic acids is 1. The summed E-state index contributed by atoms with van der Waals surface area (Å²) in [7, 11) is 0. The predicted molar refractivity (Wildman–Crippen MR) is 67.7 cm³/mol. The molecule has 18 heavy (non-hydrogen) atoms. The van der Waals surface area contributed by atoms with Gasteiger partial charge in [0.1, 0.15) is 17.3 Å². The van der Waals surface area contributed by atoms with Crippen LogP contribution in [-0.4, -0.2) is 18.5 Å². The summed E-state index contributed by atoms with van der Waals surface area (Å²) in [5.41, 5.74) is -0.204. The van der Waals surface area contributed by atoms with Gasteiger partial charge in [-0.1, -0.05) is 6.92 Å². The zero-order valence-electron chi connectivity index (χ0n) is 10.8. The van der Waals surface area contributed by atoms with Gasteiger partial charge in [-0.2, -0.15) is 0 Å². The van der Waals surface area contributed by atoms with Crippen molar-refractivity contribution in [2.24, 2.45) is 0 Å². The van der Waals surface area contributed by atoms with Crippen LogP contribution in [0.5, 0.6) is 0 Å². The van der Waals surface area contributed by atoms with Gasteiger partial charge in [0.25, 0.3) is 5.91 Å². The van der Waals surface area contributed by atoms with E-state index in [-0.39, 0.29) is 17.3 Å². The summed E-state index contributed by atoms with van der Waals surface area (Å²) in [4.78, 5) is 11.7. The third-order valence-corrected chi connectivity index (χ3v) is 2.65. The predicted octanol–water partition coefficient (Wildman–Crippen LogP) is 2.92. The Bertz CT molecular complexity index is 412. The van der Waals surface area contributed by atoms with Crippen molar-refractivity contribution in [3.8, 4) is 0 Å². The molecule has 2 N–H and O–H groups in total. The molecule has 0 fully saturated rings. The number of carbonyl (C=O) groups is 1. The maximum absolute atomic E-state index is 13.6. The number of anilines is 1. The summed E-state index contributed by atoms with van der Waals surface area (Å²) in [5, 5.41) is 5.24. The smallest absolute Gasteiger partial charge is 0.251 e. The summed E-state index contributed by atoms with van der Waals surface area (Å²) >= 11 is 0. The van der Waals surface area contributed by atoms with Crippen molar-refractivity contribution >= 4 is 11.6 Å². The second kappa shape index (κ2) is 6.33. The van der Waals surface area contributed by atoms with Crippen molar-refractivity contribution in [1.82, 2.24) is 5.32 Å². The molecular formula is C13H18F2N2O. The molecule has 0 aliphatic carbocycles. The van der Waals surface area contributed by atoms with Gasteiger partial charge in [-0.25, -0.2) is 8.78 Å². The first-order chi connectivity index (χ1) is 8.49. The van der Waals surface area contributed by atoms with Gasteiger partial charge in [-0.15, -0.1) is 0 Å². The SMILES string of the molecule is CCNc1c(F)cc(C(=O)NC(C)CC)cc1F. The van der Waals surface area contributed by atoms with Gasteiger partial charge in [-0.3, -0.25) is 4.79 Å². The fourth-order valence-electron chi connectivity index (χ4n) is 1.46. The Kier molecular flexibility index (Phi) is 5.07. The van der Waals surface area contributed by atoms with E-state index in [1.165, 1.54) is 0 Å². The van der Waals surface area contributed by atoms with Gasteiger partial charge in [0.05, 0.1) is 0 Å². The molecule has 1 aromatic rings. The quantitative estimate of drug-likeness (QED) is 0.850. The fraction of sp³-hybridized carbons (Fsp3) is 0.462. The molecule has 0 aliphatic heterocycles. The van der Waals surface area contributed by atoms with Crippen LogP contribution in [0.4, 0.5) is 14.5 Å². The Morgan fingerprint density at radius 3 is 2.28 bits per heavy atom. The average Bonchev–Trinajstić information content (AvgIpc) is 2.33. The maximum atomic E-state index is 13.6. The Hall–Kier alpha value is -1.65. The summed E-state index contributed by atoms with van der Waals surface area (Å²) in [5.74, 6) is -1.98. The highest BCUT2D eigenvalue weighted by Gasteiger charge is 2.15. The molecule has 1 atom stereocenters. The van der Waals surface area contributed by atoms with Gasteiger partial charge in [0, 0.05) is 18.2 Å². The first-order valence-electron chi connectivity index (χ1n) is 6.03. The summed E-state index contributed by atoms with van der Waals surface area (Å²) in [6.07, 6.45) is 0.756. The number of amides is 1. The number of hydrogen-bond donors (Lipinski definition) is 2. The minimum Gasteiger partial charge on any atom is -0.381 e. The lowest BCUT2D eigenvalue weighted by Crippen LogP contribution is -2.32. The van der Waals surface area contributed by atoms with E-state index in [9.17, 15) is 13.6 Å². The van der Waals surface area contributed by atoms with E-state index in [1.54, 1.807) is 6.92 Å². The van der Waals surface area contributed by atoms with Crippen LogP contribution >= 0.6 is 0 Å². The third-order valence-electron chi connectivity index (χ3n) is 2.65. The van der Waals surface area contributed by atoms with Gasteiger partial charge in [-0.05, 0) is 32.4 Å². The van der Waals surface area contributed by atoms with E-state index in [1.807, 2.05) is 13.8 Å². The molecule has 1 amide bonds. The highest BCUT2D eigenvalue weighted by molar-refractivity contribution is 5.94. The van der Waals surface area contributed by atoms with Gasteiger partial charge in [0.2, 0.25) is 0 Å². The van der Waals surface area contributed by atoms with Crippen molar-refractivity contribution < 1.29 is 13.6 Å². The third kappa shape index (κ3) is 3.42. The number of hydrogen-bond acceptors (Lipinski definition) is 2. The second-order valence-electron chi connectivity index (χ2n) is 4.13. The lowest BCUT2D eigenvalue weighted by Gasteiger charge is -2.13. The molecule has 1 aromatic carbocycles. The van der Waals surface area contributed by atoms with Crippen molar-refractivity contribution in [3.63, 3.8) is 0 Å². The van der Waals surface area contributed by atoms with E-state index in [0.717, 1.165) is 18.6 Å². The molecule has 0 bridgehead atoms. The highest BCUT2D eigenvalue weighted by atomic mass is 19.1. The van der Waals surface area contributed by atoms with E-state index >= 15 is 0 Å². The van der Waals surface area contributed by atoms with E-state index < -0.39 is 17.5 Å². The fourth-order valence-corrected chi connectivity index (χ4v) is 1.46. The molecule has 5 heteroatoms. The largest absolute Gasteiger partial charge is 0.381 e. The number of rotatable bonds is 5. The van der Waals surface area contributed by atoms with Crippen LogP contribution in [0.3, 0.4) is 0 Å². The lowest BCUT2D eigenvalue weighted by molar-refractivity contribution is 0.0938. The van der Waals surface area contributed by atoms with Crippen molar-refractivity contribution in [2.45, 2.75) is 33.2 Å². The maximum Gasteiger partial charge on any atom is 0.251 e. The molecule has 1 rings (SSSR count). The van der Waals surface area contributed by atoms with Crippen molar-refractivity contribution in [1.29, 1.82) is 0 Å². The van der Waals surface area contributed by atoms with Crippen molar-refractivity contribution in [3.05, 3.63) is 29.3 Å². The normalized spacial score (nSPS) is 12.1. The topological polar surface area (TPSA) is 41.1 Å². The van der Waals surface area contributed by atoms with E-state index in [0.29, 0.717) is 6.54 Å². The number of benzene rings is 1. The van der Waals surface area contributed by atoms with Gasteiger partial charge >= 0.3 is 0 Å². The van der Waals surface area contributed by atoms with Crippen LogP contribution in [0.1, 0.15) is 37.6 Å². The Morgan fingerprint density at radius 2 is 1.83 bits per heavy atom. The number of halogens is 2. The van der Waals surface area contributed by atoms with E-state index in [2.05, 4.69) is 10.6 Å². The van der Waals surface area contributed by atoms with Gasteiger partial charge in [0.15, 0.2) is 0 Å². The molecule has 0 aromatic heterocycles. The molecule has 0 radical (unpaired) electrons. The van der Waals surface area contributed by atoms with Crippen LogP contribution in [0.25, 0.3) is 0 Å². The molecular weight excluding hydrogens is 238 g/mol. The molecule has 0 aliphatic rings. The molecule has 0 spiro atoms. The molecule has 3 nitrogen and oxygen atoms in total. The van der Waals surface area contributed by atoms with Crippen LogP contribution in [0.2, 0.25) is 0 Å². The number of nitrogens with one attached hydrogen (secondary N) is 2. The first-order valence-corrected chi connectivity index (χ1v) is 6.03. The van der Waals surface area contributed by atoms with Crippen LogP contribution in [0, 0.1) is 11.6 Å².